The van der Waals surface area contributed by atoms with Gasteiger partial charge in [-0.1, -0.05) is 18.7 Å². The smallest absolute Gasteiger partial charge is 0.408 e. The van der Waals surface area contributed by atoms with Crippen LogP contribution in [0.2, 0.25) is 0 Å². The summed E-state index contributed by atoms with van der Waals surface area (Å²) in [5.74, 6) is -2.08. The lowest BCUT2D eigenvalue weighted by Gasteiger charge is -2.26. The average molecular weight is 677 g/mol. The first-order valence-electron chi connectivity index (χ1n) is 13.5. The molecule has 2 aromatic carbocycles. The Labute approximate surface area is 262 Å². The highest BCUT2D eigenvalue weighted by Gasteiger charge is 2.32. The van der Waals surface area contributed by atoms with Crippen LogP contribution in [0.5, 0.6) is 17.2 Å². The van der Waals surface area contributed by atoms with E-state index < -0.39 is 58.2 Å². The molecule has 2 aliphatic rings. The standard InChI is InChI=1S/C29H34BrN5O9/c1-7-10-42-24-18(30)13-17-14-22(24)43-21-9-8-16(12-20(21)35(40)41)11-19(33-28(39)44-29(3,4)5)26(37)32-15(2)25(36)34-23(17)27(38)31-6/h7-9,12-15,19,23H,1,10-11H2,2-6H3,(H,31,38)(H,32,37)(H,33,39)(H,34,36)/t15-,19+,23+/m0/s1. The fraction of sp³-hybridized carbons (Fsp3) is 0.379. The topological polar surface area (TPSA) is 187 Å². The highest BCUT2D eigenvalue weighted by Crippen LogP contribution is 2.43. The summed E-state index contributed by atoms with van der Waals surface area (Å²) in [7, 11) is 1.38. The Morgan fingerprint density at radius 3 is 2.50 bits per heavy atom. The second-order valence-corrected chi connectivity index (χ2v) is 11.6. The molecular formula is C29H34BrN5O9. The first-order chi connectivity index (χ1) is 20.6. The molecule has 4 rings (SSSR count). The SMILES string of the molecule is C=CCOc1c(Br)cc2cc1Oc1ccc(cc1[N+](=O)[O-])C[C@@H](NC(=O)OC(C)(C)C)C(=O)N[C@@H](C)C(=O)N[C@H]2C(=O)NC. The molecule has 15 heteroatoms. The number of fused-ring (bicyclic) bond motifs is 9. The molecule has 44 heavy (non-hydrogen) atoms. The zero-order valence-corrected chi connectivity index (χ0v) is 26.4. The predicted molar refractivity (Wildman–Crippen MR) is 162 cm³/mol. The van der Waals surface area contributed by atoms with Gasteiger partial charge in [0.25, 0.3) is 0 Å². The van der Waals surface area contributed by atoms with Crippen LogP contribution in [0.4, 0.5) is 10.5 Å². The molecule has 2 aromatic rings. The third-order valence-electron chi connectivity index (χ3n) is 6.15. The van der Waals surface area contributed by atoms with Crippen molar-refractivity contribution in [3.63, 3.8) is 0 Å². The summed E-state index contributed by atoms with van der Waals surface area (Å²) < 4.78 is 17.4. The highest BCUT2D eigenvalue weighted by molar-refractivity contribution is 9.10. The Balaban J connectivity index is 2.20. The minimum absolute atomic E-state index is 0.00754. The Morgan fingerprint density at radius 1 is 1.18 bits per heavy atom. The molecule has 0 spiro atoms. The zero-order chi connectivity index (χ0) is 32.8. The molecule has 0 unspecified atom stereocenters. The van der Waals surface area contributed by atoms with E-state index in [2.05, 4.69) is 43.8 Å². The van der Waals surface area contributed by atoms with E-state index in [4.69, 9.17) is 14.2 Å². The van der Waals surface area contributed by atoms with Gasteiger partial charge in [-0.2, -0.15) is 0 Å². The Bertz CT molecular complexity index is 1470. The van der Waals surface area contributed by atoms with Crippen LogP contribution in [-0.2, 0) is 25.5 Å². The number of amides is 4. The van der Waals surface area contributed by atoms with Crippen LogP contribution in [0, 0.1) is 10.1 Å². The molecule has 14 nitrogen and oxygen atoms in total. The maximum Gasteiger partial charge on any atom is 0.408 e. The number of nitrogens with one attached hydrogen (secondary N) is 4. The minimum Gasteiger partial charge on any atom is -0.484 e. The number of alkyl carbamates (subject to hydrolysis) is 1. The zero-order valence-electron chi connectivity index (χ0n) is 24.8. The first kappa shape index (κ1) is 33.8. The molecule has 2 aliphatic heterocycles. The lowest BCUT2D eigenvalue weighted by molar-refractivity contribution is -0.385. The molecule has 0 aliphatic carbocycles. The van der Waals surface area contributed by atoms with E-state index in [1.54, 1.807) is 20.8 Å². The van der Waals surface area contributed by atoms with Gasteiger partial charge in [0, 0.05) is 19.5 Å². The van der Waals surface area contributed by atoms with Crippen molar-refractivity contribution in [2.24, 2.45) is 0 Å². The molecule has 2 heterocycles. The summed E-state index contributed by atoms with van der Waals surface area (Å²) in [4.78, 5) is 63.6. The van der Waals surface area contributed by atoms with Gasteiger partial charge in [-0.15, -0.1) is 0 Å². The molecule has 4 bridgehead atoms. The summed E-state index contributed by atoms with van der Waals surface area (Å²) in [6.45, 7) is 10.0. The van der Waals surface area contributed by atoms with E-state index in [1.165, 1.54) is 50.4 Å². The van der Waals surface area contributed by atoms with Crippen LogP contribution in [0.15, 0.2) is 47.5 Å². The van der Waals surface area contributed by atoms with Crippen LogP contribution in [0.3, 0.4) is 0 Å². The summed E-state index contributed by atoms with van der Waals surface area (Å²) in [5.41, 5.74) is -0.772. The van der Waals surface area contributed by atoms with Crippen molar-refractivity contribution in [2.45, 2.75) is 57.8 Å². The molecule has 236 valence electrons. The largest absolute Gasteiger partial charge is 0.484 e. The Morgan fingerprint density at radius 2 is 1.89 bits per heavy atom. The number of benzene rings is 2. The first-order valence-corrected chi connectivity index (χ1v) is 14.3. The highest BCUT2D eigenvalue weighted by atomic mass is 79.9. The van der Waals surface area contributed by atoms with Crippen LogP contribution in [0.25, 0.3) is 0 Å². The molecule has 0 saturated carbocycles. The quantitative estimate of drug-likeness (QED) is 0.202. The van der Waals surface area contributed by atoms with Gasteiger partial charge < -0.3 is 35.5 Å². The van der Waals surface area contributed by atoms with Gasteiger partial charge in [0.1, 0.15) is 30.3 Å². The summed E-state index contributed by atoms with van der Waals surface area (Å²) in [6.07, 6.45) is 0.385. The van der Waals surface area contributed by atoms with E-state index in [1.807, 2.05) is 0 Å². The molecule has 3 atom stereocenters. The minimum atomic E-state index is -1.29. The predicted octanol–water partition coefficient (Wildman–Crippen LogP) is 3.57. The fourth-order valence-electron chi connectivity index (χ4n) is 4.14. The van der Waals surface area contributed by atoms with Crippen LogP contribution in [0.1, 0.15) is 44.9 Å². The van der Waals surface area contributed by atoms with Crippen molar-refractivity contribution < 1.29 is 38.3 Å². The second kappa shape index (κ2) is 14.2. The maximum atomic E-state index is 13.3. The van der Waals surface area contributed by atoms with Gasteiger partial charge in [0.05, 0.1) is 9.40 Å². The molecule has 4 N–H and O–H groups in total. The van der Waals surface area contributed by atoms with Crippen molar-refractivity contribution in [1.29, 1.82) is 0 Å². The Hall–Kier alpha value is -4.66. The van der Waals surface area contributed by atoms with Crippen molar-refractivity contribution in [3.05, 3.63) is 68.7 Å². The third-order valence-corrected chi connectivity index (χ3v) is 6.73. The molecule has 0 fully saturated rings. The number of nitro groups is 1. The van der Waals surface area contributed by atoms with Gasteiger partial charge in [-0.25, -0.2) is 4.79 Å². The van der Waals surface area contributed by atoms with E-state index >= 15 is 0 Å². The molecule has 0 radical (unpaired) electrons. The molecular weight excluding hydrogens is 642 g/mol. The van der Waals surface area contributed by atoms with E-state index in [-0.39, 0.29) is 35.8 Å². The summed E-state index contributed by atoms with van der Waals surface area (Å²) in [6, 6.07) is 3.25. The van der Waals surface area contributed by atoms with Crippen molar-refractivity contribution >= 4 is 45.4 Å². The second-order valence-electron chi connectivity index (χ2n) is 10.8. The normalized spacial score (nSPS) is 18.6. The number of carbonyl (C=O) groups is 4. The molecule has 0 aromatic heterocycles. The van der Waals surface area contributed by atoms with Gasteiger partial charge in [0.15, 0.2) is 11.5 Å². The van der Waals surface area contributed by atoms with Gasteiger partial charge in [-0.3, -0.25) is 24.5 Å². The van der Waals surface area contributed by atoms with Gasteiger partial charge >= 0.3 is 11.8 Å². The number of nitrogens with zero attached hydrogens (tertiary/aromatic N) is 1. The number of hydrogen-bond donors (Lipinski definition) is 4. The van der Waals surface area contributed by atoms with E-state index in [0.29, 0.717) is 10.0 Å². The number of carbonyl (C=O) groups excluding carboxylic acids is 4. The number of ether oxygens (including phenoxy) is 3. The molecule has 0 saturated heterocycles. The number of hydrogen-bond acceptors (Lipinski definition) is 9. The number of rotatable bonds is 6. The number of nitro benzene ring substituents is 1. The molecule has 4 amide bonds. The van der Waals surface area contributed by atoms with Gasteiger partial charge in [-0.05, 0) is 73.0 Å². The van der Waals surface area contributed by atoms with Crippen LogP contribution in [-0.4, -0.2) is 60.1 Å². The van der Waals surface area contributed by atoms with Crippen molar-refractivity contribution in [1.82, 2.24) is 21.3 Å². The Kier molecular flexibility index (Phi) is 10.9. The summed E-state index contributed by atoms with van der Waals surface area (Å²) in [5, 5.41) is 22.2. The van der Waals surface area contributed by atoms with Crippen LogP contribution >= 0.6 is 15.9 Å². The maximum absolute atomic E-state index is 13.3. The number of likely N-dealkylation sites (N-methyl/N-ethyl adjacent to an activating group) is 1. The average Bonchev–Trinajstić information content (AvgIpc) is 2.93. The monoisotopic (exact) mass is 675 g/mol. The van der Waals surface area contributed by atoms with Crippen LogP contribution < -0.4 is 30.7 Å². The summed E-state index contributed by atoms with van der Waals surface area (Å²) >= 11 is 3.40. The lowest BCUT2D eigenvalue weighted by atomic mass is 10.0. The van der Waals surface area contributed by atoms with Gasteiger partial charge in [0.2, 0.25) is 23.5 Å². The number of halogens is 1. The lowest BCUT2D eigenvalue weighted by Crippen LogP contribution is -2.55. The fourth-order valence-corrected chi connectivity index (χ4v) is 4.71. The van der Waals surface area contributed by atoms with E-state index in [9.17, 15) is 29.3 Å². The van der Waals surface area contributed by atoms with E-state index in [0.717, 1.165) is 0 Å². The third kappa shape index (κ3) is 8.69. The van der Waals surface area contributed by atoms with Crippen molar-refractivity contribution in [2.75, 3.05) is 13.7 Å². The van der Waals surface area contributed by atoms with Crippen molar-refractivity contribution in [3.8, 4) is 17.2 Å².